The summed E-state index contributed by atoms with van der Waals surface area (Å²) in [5.74, 6) is 0.458. The number of carbonyl (C=O) groups is 3. The van der Waals surface area contributed by atoms with Crippen LogP contribution in [-0.4, -0.2) is 79.4 Å². The van der Waals surface area contributed by atoms with Crippen LogP contribution in [0.25, 0.3) is 0 Å². The molecule has 3 aliphatic rings. The molecule has 1 N–H and O–H groups in total. The van der Waals surface area contributed by atoms with Gasteiger partial charge in [-0.25, -0.2) is 4.79 Å². The van der Waals surface area contributed by atoms with Gasteiger partial charge in [0.05, 0.1) is 5.41 Å². The Balaban J connectivity index is 1.47. The molecule has 2 heterocycles. The molecule has 0 radical (unpaired) electrons. The molecule has 0 atom stereocenters. The van der Waals surface area contributed by atoms with E-state index in [2.05, 4.69) is 5.32 Å². The molecular weight excluding hydrogens is 368 g/mol. The molecule has 0 unspecified atom stereocenters. The molecule has 2 saturated heterocycles. The predicted molar refractivity (Wildman–Crippen MR) is 112 cm³/mol. The summed E-state index contributed by atoms with van der Waals surface area (Å²) in [5, 5.41) is 3.03. The van der Waals surface area contributed by atoms with Gasteiger partial charge in [-0.15, -0.1) is 0 Å². The fourth-order valence-corrected chi connectivity index (χ4v) is 5.23. The van der Waals surface area contributed by atoms with Crippen LogP contribution in [0.2, 0.25) is 0 Å². The number of nitrogens with zero attached hydrogens (tertiary/aromatic N) is 3. The van der Waals surface area contributed by atoms with Gasteiger partial charge >= 0.3 is 6.03 Å². The summed E-state index contributed by atoms with van der Waals surface area (Å²) in [5.41, 5.74) is -0.444. The number of rotatable bonds is 4. The Hall–Kier alpha value is -1.79. The zero-order chi connectivity index (χ0) is 20.9. The average Bonchev–Trinajstić information content (AvgIpc) is 3.05. The summed E-state index contributed by atoms with van der Waals surface area (Å²) in [6.07, 6.45) is 9.92. The Bertz CT molecular complexity index is 585. The van der Waals surface area contributed by atoms with E-state index in [1.165, 1.54) is 12.8 Å². The number of piperidine rings is 1. The minimum atomic E-state index is -0.444. The standard InChI is InChI=1S/C22H38N4O3/c1-24(2)20(28)22(11-5-6-12-22)17-23-21(29)26-15-9-18(10-16-26)19(27)25-13-7-3-4-8-14-25/h18H,3-17H2,1-2H3,(H,23,29). The first kappa shape index (κ1) is 21.9. The molecule has 0 aromatic heterocycles. The first-order chi connectivity index (χ1) is 13.9. The Kier molecular flexibility index (Phi) is 7.41. The Labute approximate surface area is 175 Å². The maximum atomic E-state index is 12.8. The smallest absolute Gasteiger partial charge is 0.317 e. The molecular formula is C22H38N4O3. The third kappa shape index (κ3) is 5.23. The van der Waals surface area contributed by atoms with Crippen molar-refractivity contribution < 1.29 is 14.4 Å². The first-order valence-electron chi connectivity index (χ1n) is 11.5. The number of likely N-dealkylation sites (tertiary alicyclic amines) is 2. The van der Waals surface area contributed by atoms with Crippen LogP contribution in [0.3, 0.4) is 0 Å². The van der Waals surface area contributed by atoms with Crippen LogP contribution < -0.4 is 5.32 Å². The van der Waals surface area contributed by atoms with Crippen LogP contribution >= 0.6 is 0 Å². The second-order valence-corrected chi connectivity index (χ2v) is 9.35. The van der Waals surface area contributed by atoms with Crippen molar-refractivity contribution in [3.05, 3.63) is 0 Å². The predicted octanol–water partition coefficient (Wildman–Crippen LogP) is 2.46. The number of nitrogens with one attached hydrogen (secondary N) is 1. The lowest BCUT2D eigenvalue weighted by atomic mass is 9.84. The normalized spacial score (nSPS) is 22.8. The van der Waals surface area contributed by atoms with Crippen molar-refractivity contribution in [3.63, 3.8) is 0 Å². The highest BCUT2D eigenvalue weighted by Crippen LogP contribution is 2.39. The van der Waals surface area contributed by atoms with Gasteiger partial charge < -0.3 is 20.0 Å². The van der Waals surface area contributed by atoms with E-state index in [1.54, 1.807) is 19.0 Å². The molecule has 3 fully saturated rings. The van der Waals surface area contributed by atoms with Gasteiger partial charge in [-0.05, 0) is 38.5 Å². The fourth-order valence-electron chi connectivity index (χ4n) is 5.23. The maximum Gasteiger partial charge on any atom is 0.317 e. The highest BCUT2D eigenvalue weighted by Gasteiger charge is 2.42. The lowest BCUT2D eigenvalue weighted by molar-refractivity contribution is -0.139. The van der Waals surface area contributed by atoms with E-state index < -0.39 is 5.41 Å². The van der Waals surface area contributed by atoms with Crippen LogP contribution in [0.5, 0.6) is 0 Å². The zero-order valence-corrected chi connectivity index (χ0v) is 18.3. The van der Waals surface area contributed by atoms with Gasteiger partial charge in [0.25, 0.3) is 0 Å². The topological polar surface area (TPSA) is 73.0 Å². The average molecular weight is 407 g/mol. The monoisotopic (exact) mass is 406 g/mol. The molecule has 4 amide bonds. The lowest BCUT2D eigenvalue weighted by Crippen LogP contribution is -2.51. The van der Waals surface area contributed by atoms with E-state index in [1.807, 2.05) is 9.80 Å². The Morgan fingerprint density at radius 1 is 0.862 bits per heavy atom. The summed E-state index contributed by atoms with van der Waals surface area (Å²) in [6.45, 7) is 3.42. The number of hydrogen-bond donors (Lipinski definition) is 1. The van der Waals surface area contributed by atoms with E-state index in [4.69, 9.17) is 0 Å². The summed E-state index contributed by atoms with van der Waals surface area (Å²) in [7, 11) is 3.58. The van der Waals surface area contributed by atoms with Gasteiger partial charge in [0, 0.05) is 52.7 Å². The quantitative estimate of drug-likeness (QED) is 0.779. The molecule has 29 heavy (non-hydrogen) atoms. The lowest BCUT2D eigenvalue weighted by Gasteiger charge is -2.35. The third-order valence-corrected chi connectivity index (χ3v) is 7.05. The van der Waals surface area contributed by atoms with Crippen LogP contribution in [0.4, 0.5) is 4.79 Å². The van der Waals surface area contributed by atoms with Crippen LogP contribution in [-0.2, 0) is 9.59 Å². The van der Waals surface area contributed by atoms with Gasteiger partial charge in [-0.1, -0.05) is 25.7 Å². The van der Waals surface area contributed by atoms with Gasteiger partial charge in [0.1, 0.15) is 0 Å². The van der Waals surface area contributed by atoms with Gasteiger partial charge in [0.15, 0.2) is 0 Å². The van der Waals surface area contributed by atoms with Crippen molar-refractivity contribution in [2.75, 3.05) is 46.8 Å². The molecule has 0 aromatic rings. The number of amides is 4. The molecule has 0 spiro atoms. The van der Waals surface area contributed by atoms with E-state index in [0.717, 1.165) is 64.5 Å². The molecule has 2 aliphatic heterocycles. The molecule has 0 aromatic carbocycles. The number of carbonyl (C=O) groups excluding carboxylic acids is 3. The summed E-state index contributed by atoms with van der Waals surface area (Å²) < 4.78 is 0. The van der Waals surface area contributed by atoms with E-state index in [9.17, 15) is 14.4 Å². The summed E-state index contributed by atoms with van der Waals surface area (Å²) in [4.78, 5) is 43.7. The molecule has 7 heteroatoms. The maximum absolute atomic E-state index is 12.8. The minimum Gasteiger partial charge on any atom is -0.348 e. The summed E-state index contributed by atoms with van der Waals surface area (Å²) >= 11 is 0. The minimum absolute atomic E-state index is 0.0497. The molecule has 7 nitrogen and oxygen atoms in total. The molecule has 164 valence electrons. The van der Waals surface area contributed by atoms with E-state index in [-0.39, 0.29) is 23.8 Å². The van der Waals surface area contributed by atoms with Gasteiger partial charge in [0.2, 0.25) is 11.8 Å². The Morgan fingerprint density at radius 3 is 2.00 bits per heavy atom. The molecule has 1 saturated carbocycles. The second kappa shape index (κ2) is 9.81. The molecule has 0 bridgehead atoms. The Morgan fingerprint density at radius 2 is 1.45 bits per heavy atom. The first-order valence-corrected chi connectivity index (χ1v) is 11.5. The highest BCUT2D eigenvalue weighted by molar-refractivity contribution is 5.84. The van der Waals surface area contributed by atoms with E-state index >= 15 is 0 Å². The SMILES string of the molecule is CN(C)C(=O)C1(CNC(=O)N2CCC(C(=O)N3CCCCCC3)CC2)CCCC1. The van der Waals surface area contributed by atoms with Crippen molar-refractivity contribution in [3.8, 4) is 0 Å². The van der Waals surface area contributed by atoms with Crippen molar-refractivity contribution in [2.45, 2.75) is 64.2 Å². The zero-order valence-electron chi connectivity index (χ0n) is 18.3. The summed E-state index contributed by atoms with van der Waals surface area (Å²) in [6, 6.07) is -0.0940. The van der Waals surface area contributed by atoms with Gasteiger partial charge in [-0.2, -0.15) is 0 Å². The van der Waals surface area contributed by atoms with E-state index in [0.29, 0.717) is 19.6 Å². The fraction of sp³-hybridized carbons (Fsp3) is 0.864. The van der Waals surface area contributed by atoms with Crippen molar-refractivity contribution in [1.82, 2.24) is 20.0 Å². The van der Waals surface area contributed by atoms with Crippen LogP contribution in [0.15, 0.2) is 0 Å². The number of hydrogen-bond acceptors (Lipinski definition) is 3. The van der Waals surface area contributed by atoms with Crippen LogP contribution in [0, 0.1) is 11.3 Å². The second-order valence-electron chi connectivity index (χ2n) is 9.35. The van der Waals surface area contributed by atoms with Crippen LogP contribution in [0.1, 0.15) is 64.2 Å². The molecule has 1 aliphatic carbocycles. The number of urea groups is 1. The van der Waals surface area contributed by atoms with Crippen molar-refractivity contribution >= 4 is 17.8 Å². The van der Waals surface area contributed by atoms with Crippen molar-refractivity contribution in [1.29, 1.82) is 0 Å². The highest BCUT2D eigenvalue weighted by atomic mass is 16.2. The van der Waals surface area contributed by atoms with Gasteiger partial charge in [-0.3, -0.25) is 9.59 Å². The largest absolute Gasteiger partial charge is 0.348 e. The van der Waals surface area contributed by atoms with Crippen molar-refractivity contribution in [2.24, 2.45) is 11.3 Å². The third-order valence-electron chi connectivity index (χ3n) is 7.05. The molecule has 3 rings (SSSR count).